The number of anilines is 1. The Morgan fingerprint density at radius 3 is 2.62 bits per heavy atom. The number of nitrogens with zero attached hydrogens (tertiary/aromatic N) is 3. The minimum atomic E-state index is 0.421. The zero-order chi connectivity index (χ0) is 15.1. The van der Waals surface area contributed by atoms with E-state index in [1.807, 2.05) is 30.9 Å². The Kier molecular flexibility index (Phi) is 3.16. The largest absolute Gasteiger partial charge is 0.383 e. The van der Waals surface area contributed by atoms with Gasteiger partial charge in [0.25, 0.3) is 0 Å². The molecular formula is C17H20N4. The monoisotopic (exact) mass is 280 g/mol. The van der Waals surface area contributed by atoms with Crippen LogP contribution in [-0.4, -0.2) is 14.5 Å². The average molecular weight is 280 g/mol. The third kappa shape index (κ3) is 2.07. The van der Waals surface area contributed by atoms with Crippen molar-refractivity contribution in [2.45, 2.75) is 26.7 Å². The van der Waals surface area contributed by atoms with E-state index in [2.05, 4.69) is 42.0 Å². The van der Waals surface area contributed by atoms with Gasteiger partial charge in [-0.05, 0) is 18.4 Å². The molecule has 0 atom stereocenters. The molecule has 2 N–H and O–H groups in total. The Balaban J connectivity index is 2.39. The second-order valence-corrected chi connectivity index (χ2v) is 5.77. The van der Waals surface area contributed by atoms with E-state index < -0.39 is 0 Å². The summed E-state index contributed by atoms with van der Waals surface area (Å²) in [5.74, 6) is 0.990. The smallest absolute Gasteiger partial charge is 0.129 e. The highest BCUT2D eigenvalue weighted by Crippen LogP contribution is 2.34. The molecule has 3 rings (SSSR count). The van der Waals surface area contributed by atoms with Gasteiger partial charge in [0.05, 0.1) is 11.8 Å². The average Bonchev–Trinajstić information content (AvgIpc) is 2.85. The van der Waals surface area contributed by atoms with Crippen molar-refractivity contribution in [2.75, 3.05) is 5.73 Å². The first kappa shape index (κ1) is 13.6. The van der Waals surface area contributed by atoms with Crippen LogP contribution in [0, 0.1) is 6.92 Å². The van der Waals surface area contributed by atoms with Crippen LogP contribution in [0.5, 0.6) is 0 Å². The van der Waals surface area contributed by atoms with Gasteiger partial charge in [-0.15, -0.1) is 0 Å². The van der Waals surface area contributed by atoms with Crippen LogP contribution in [0.15, 0.2) is 30.6 Å². The summed E-state index contributed by atoms with van der Waals surface area (Å²) in [5.41, 5.74) is 12.3. The highest BCUT2D eigenvalue weighted by Gasteiger charge is 2.17. The standard InChI is InChI=1S/C17H20N4/c1-10(2)12-7-5-6-8-13(12)14-15-16(21(4)9-19-15)11(3)17(18)20-14/h5-10H,1-4H3,(H2,18,20). The fourth-order valence-corrected chi connectivity index (χ4v) is 2.83. The quantitative estimate of drug-likeness (QED) is 0.779. The SMILES string of the molecule is Cc1c(N)nc(-c2ccccc2C(C)C)c2ncn(C)c12. The lowest BCUT2D eigenvalue weighted by Gasteiger charge is -2.14. The number of imidazole rings is 1. The highest BCUT2D eigenvalue weighted by molar-refractivity contribution is 5.94. The molecule has 0 amide bonds. The van der Waals surface area contributed by atoms with E-state index >= 15 is 0 Å². The van der Waals surface area contributed by atoms with Crippen LogP contribution >= 0.6 is 0 Å². The Bertz CT molecular complexity index is 815. The van der Waals surface area contributed by atoms with Crippen LogP contribution in [0.25, 0.3) is 22.3 Å². The maximum absolute atomic E-state index is 6.13. The van der Waals surface area contributed by atoms with E-state index in [0.29, 0.717) is 11.7 Å². The second-order valence-electron chi connectivity index (χ2n) is 5.77. The highest BCUT2D eigenvalue weighted by atomic mass is 15.0. The molecule has 3 aromatic rings. The Morgan fingerprint density at radius 2 is 1.90 bits per heavy atom. The summed E-state index contributed by atoms with van der Waals surface area (Å²) >= 11 is 0. The molecule has 21 heavy (non-hydrogen) atoms. The lowest BCUT2D eigenvalue weighted by Crippen LogP contribution is -2.02. The van der Waals surface area contributed by atoms with E-state index in [9.17, 15) is 0 Å². The molecule has 0 radical (unpaired) electrons. The first-order valence-electron chi connectivity index (χ1n) is 7.17. The van der Waals surface area contributed by atoms with Crippen molar-refractivity contribution < 1.29 is 0 Å². The molecule has 0 fully saturated rings. The van der Waals surface area contributed by atoms with Gasteiger partial charge in [-0.3, -0.25) is 0 Å². The zero-order valence-electron chi connectivity index (χ0n) is 12.9. The lowest BCUT2D eigenvalue weighted by atomic mass is 9.94. The van der Waals surface area contributed by atoms with Crippen LogP contribution in [0.4, 0.5) is 5.82 Å². The summed E-state index contributed by atoms with van der Waals surface area (Å²) in [6.45, 7) is 6.36. The van der Waals surface area contributed by atoms with Crippen molar-refractivity contribution in [2.24, 2.45) is 7.05 Å². The number of fused-ring (bicyclic) bond motifs is 1. The summed E-state index contributed by atoms with van der Waals surface area (Å²) in [4.78, 5) is 9.17. The summed E-state index contributed by atoms with van der Waals surface area (Å²) < 4.78 is 2.00. The molecule has 108 valence electrons. The van der Waals surface area contributed by atoms with Crippen LogP contribution < -0.4 is 5.73 Å². The van der Waals surface area contributed by atoms with E-state index in [1.165, 1.54) is 5.56 Å². The molecule has 0 bridgehead atoms. The van der Waals surface area contributed by atoms with Crippen LogP contribution in [-0.2, 0) is 7.05 Å². The predicted molar refractivity (Wildman–Crippen MR) is 87.2 cm³/mol. The van der Waals surface area contributed by atoms with Gasteiger partial charge in [0.1, 0.15) is 17.0 Å². The molecule has 0 aliphatic carbocycles. The maximum atomic E-state index is 6.13. The van der Waals surface area contributed by atoms with Crippen LogP contribution in [0.3, 0.4) is 0 Å². The maximum Gasteiger partial charge on any atom is 0.129 e. The number of pyridine rings is 1. The van der Waals surface area contributed by atoms with Crippen molar-refractivity contribution in [3.8, 4) is 11.3 Å². The molecule has 0 aliphatic rings. The van der Waals surface area contributed by atoms with Gasteiger partial charge in [0, 0.05) is 18.2 Å². The summed E-state index contributed by atoms with van der Waals surface area (Å²) in [6, 6.07) is 8.34. The van der Waals surface area contributed by atoms with Gasteiger partial charge in [-0.2, -0.15) is 0 Å². The van der Waals surface area contributed by atoms with Gasteiger partial charge in [0.2, 0.25) is 0 Å². The number of nitrogens with two attached hydrogens (primary N) is 1. The van der Waals surface area contributed by atoms with Crippen molar-refractivity contribution in [3.63, 3.8) is 0 Å². The first-order chi connectivity index (χ1) is 10.0. The van der Waals surface area contributed by atoms with Crippen molar-refractivity contribution in [1.82, 2.24) is 14.5 Å². The minimum absolute atomic E-state index is 0.421. The third-order valence-electron chi connectivity index (χ3n) is 3.97. The van der Waals surface area contributed by atoms with E-state index in [-0.39, 0.29) is 0 Å². The number of aryl methyl sites for hydroxylation is 2. The van der Waals surface area contributed by atoms with Gasteiger partial charge in [0.15, 0.2) is 0 Å². The lowest BCUT2D eigenvalue weighted by molar-refractivity contribution is 0.868. The van der Waals surface area contributed by atoms with Gasteiger partial charge < -0.3 is 10.3 Å². The van der Waals surface area contributed by atoms with Crippen molar-refractivity contribution in [3.05, 3.63) is 41.7 Å². The molecule has 1 aromatic carbocycles. The van der Waals surface area contributed by atoms with Crippen molar-refractivity contribution >= 4 is 16.9 Å². The van der Waals surface area contributed by atoms with Gasteiger partial charge in [-0.1, -0.05) is 38.1 Å². The summed E-state index contributed by atoms with van der Waals surface area (Å²) in [5, 5.41) is 0. The Hall–Kier alpha value is -2.36. The van der Waals surface area contributed by atoms with Gasteiger partial charge in [-0.25, -0.2) is 9.97 Å². The molecule has 0 unspecified atom stereocenters. The Labute approximate surface area is 124 Å². The number of rotatable bonds is 2. The first-order valence-corrected chi connectivity index (χ1v) is 7.17. The number of hydrogen-bond donors (Lipinski definition) is 1. The number of hydrogen-bond acceptors (Lipinski definition) is 3. The second kappa shape index (κ2) is 4.88. The van der Waals surface area contributed by atoms with Crippen molar-refractivity contribution in [1.29, 1.82) is 0 Å². The molecule has 0 aliphatic heterocycles. The normalized spacial score (nSPS) is 11.5. The van der Waals surface area contributed by atoms with E-state index in [0.717, 1.165) is 27.9 Å². The zero-order valence-corrected chi connectivity index (χ0v) is 12.9. The molecule has 2 aromatic heterocycles. The molecule has 0 spiro atoms. The van der Waals surface area contributed by atoms with E-state index in [4.69, 9.17) is 5.73 Å². The topological polar surface area (TPSA) is 56.7 Å². The molecule has 0 saturated carbocycles. The summed E-state index contributed by atoms with van der Waals surface area (Å²) in [6.07, 6.45) is 1.82. The summed E-state index contributed by atoms with van der Waals surface area (Å²) in [7, 11) is 1.99. The molecule has 4 heteroatoms. The predicted octanol–water partition coefficient (Wildman–Crippen LogP) is 3.65. The Morgan fingerprint density at radius 1 is 1.19 bits per heavy atom. The molecule has 4 nitrogen and oxygen atoms in total. The number of nitrogen functional groups attached to an aromatic ring is 1. The molecule has 2 heterocycles. The fourth-order valence-electron chi connectivity index (χ4n) is 2.83. The third-order valence-corrected chi connectivity index (χ3v) is 3.97. The van der Waals surface area contributed by atoms with E-state index in [1.54, 1.807) is 0 Å². The molecular weight excluding hydrogens is 260 g/mol. The van der Waals surface area contributed by atoms with Crippen LogP contribution in [0.1, 0.15) is 30.9 Å². The molecule has 0 saturated heterocycles. The van der Waals surface area contributed by atoms with Gasteiger partial charge >= 0.3 is 0 Å². The fraction of sp³-hybridized carbons (Fsp3) is 0.294. The minimum Gasteiger partial charge on any atom is -0.383 e. The van der Waals surface area contributed by atoms with Crippen LogP contribution in [0.2, 0.25) is 0 Å². The number of aromatic nitrogens is 3. The number of benzene rings is 1.